The quantitative estimate of drug-likeness (QED) is 0.304. The maximum Gasteiger partial charge on any atom is 0.268 e. The molecule has 1 unspecified atom stereocenters. The number of aromatic nitrogens is 2. The highest BCUT2D eigenvalue weighted by atomic mass is 32.2. The van der Waals surface area contributed by atoms with E-state index in [4.69, 9.17) is 4.98 Å². The molecule has 0 radical (unpaired) electrons. The van der Waals surface area contributed by atoms with Gasteiger partial charge < -0.3 is 5.32 Å². The van der Waals surface area contributed by atoms with E-state index in [9.17, 15) is 13.2 Å². The molecule has 1 aliphatic rings. The maximum absolute atomic E-state index is 13.6. The molecule has 6 aromatic rings. The van der Waals surface area contributed by atoms with Crippen LogP contribution in [0.1, 0.15) is 17.2 Å². The number of hydrogen-bond acceptors (Lipinski definition) is 4. The third-order valence-corrected chi connectivity index (χ3v) is 8.78. The summed E-state index contributed by atoms with van der Waals surface area (Å²) >= 11 is 0. The molecule has 1 aliphatic heterocycles. The summed E-state index contributed by atoms with van der Waals surface area (Å²) in [4.78, 5) is 18.1. The van der Waals surface area contributed by atoms with Gasteiger partial charge in [-0.25, -0.2) is 12.4 Å². The van der Waals surface area contributed by atoms with Gasteiger partial charge in [-0.1, -0.05) is 66.7 Å². The van der Waals surface area contributed by atoms with Crippen molar-refractivity contribution in [2.45, 2.75) is 10.8 Å². The van der Waals surface area contributed by atoms with Crippen molar-refractivity contribution in [3.63, 3.8) is 0 Å². The fourth-order valence-corrected chi connectivity index (χ4v) is 6.64. The summed E-state index contributed by atoms with van der Waals surface area (Å²) in [6.07, 6.45) is 1.67. The van der Waals surface area contributed by atoms with E-state index < -0.39 is 15.9 Å². The van der Waals surface area contributed by atoms with Gasteiger partial charge in [0, 0.05) is 28.2 Å². The lowest BCUT2D eigenvalue weighted by Gasteiger charge is -2.11. The molecular weight excluding hydrogens is 494 g/mol. The highest BCUT2D eigenvalue weighted by Gasteiger charge is 2.34. The number of nitrogens with one attached hydrogen (secondary N) is 1. The highest BCUT2D eigenvalue weighted by molar-refractivity contribution is 7.90. The lowest BCUT2D eigenvalue weighted by atomic mass is 9.93. The second-order valence-corrected chi connectivity index (χ2v) is 11.1. The van der Waals surface area contributed by atoms with Gasteiger partial charge in [0.05, 0.1) is 21.6 Å². The Labute approximate surface area is 219 Å². The molecule has 0 spiro atoms. The summed E-state index contributed by atoms with van der Waals surface area (Å²) in [6.45, 7) is 0. The Morgan fingerprint density at radius 1 is 0.789 bits per heavy atom. The molecule has 2 aromatic heterocycles. The number of anilines is 1. The van der Waals surface area contributed by atoms with Crippen LogP contribution >= 0.6 is 0 Å². The van der Waals surface area contributed by atoms with E-state index in [1.54, 1.807) is 42.6 Å². The minimum absolute atomic E-state index is 0.131. The zero-order valence-electron chi connectivity index (χ0n) is 20.1. The van der Waals surface area contributed by atoms with Crippen LogP contribution in [0, 0.1) is 0 Å². The van der Waals surface area contributed by atoms with E-state index in [1.807, 2.05) is 72.8 Å². The number of carbonyl (C=O) groups is 1. The molecule has 6 nitrogen and oxygen atoms in total. The minimum Gasteiger partial charge on any atom is -0.325 e. The second kappa shape index (κ2) is 8.39. The summed E-state index contributed by atoms with van der Waals surface area (Å²) < 4.78 is 28.5. The van der Waals surface area contributed by atoms with Crippen molar-refractivity contribution in [3.8, 4) is 11.1 Å². The molecule has 0 fully saturated rings. The molecule has 0 saturated heterocycles. The third-order valence-electron chi connectivity index (χ3n) is 7.09. The average Bonchev–Trinajstić information content (AvgIpc) is 3.50. The monoisotopic (exact) mass is 515 g/mol. The molecule has 4 aromatic carbocycles. The fraction of sp³-hybridized carbons (Fsp3) is 0.0323. The van der Waals surface area contributed by atoms with Gasteiger partial charge in [-0.2, -0.15) is 0 Å². The first kappa shape index (κ1) is 22.4. The number of carbonyl (C=O) groups excluding carboxylic acids is 1. The molecule has 0 aliphatic carbocycles. The molecule has 38 heavy (non-hydrogen) atoms. The van der Waals surface area contributed by atoms with Gasteiger partial charge in [-0.15, -0.1) is 0 Å². The first-order valence-corrected chi connectivity index (χ1v) is 13.7. The van der Waals surface area contributed by atoms with Gasteiger partial charge in [-0.05, 0) is 53.6 Å². The number of pyridine rings is 1. The molecule has 7 heteroatoms. The van der Waals surface area contributed by atoms with Crippen molar-refractivity contribution in [2.75, 3.05) is 5.32 Å². The Hall–Kier alpha value is -4.75. The van der Waals surface area contributed by atoms with E-state index in [0.717, 1.165) is 38.7 Å². The molecule has 0 saturated carbocycles. The maximum atomic E-state index is 13.6. The Kier molecular flexibility index (Phi) is 4.96. The lowest BCUT2D eigenvalue weighted by Crippen LogP contribution is -2.14. The van der Waals surface area contributed by atoms with Gasteiger partial charge >= 0.3 is 0 Å². The Bertz CT molecular complexity index is 2000. The van der Waals surface area contributed by atoms with Crippen molar-refractivity contribution < 1.29 is 13.2 Å². The predicted molar refractivity (Wildman–Crippen MR) is 149 cm³/mol. The smallest absolute Gasteiger partial charge is 0.268 e. The van der Waals surface area contributed by atoms with Crippen LogP contribution in [0.2, 0.25) is 0 Å². The lowest BCUT2D eigenvalue weighted by molar-refractivity contribution is -0.116. The van der Waals surface area contributed by atoms with Gasteiger partial charge in [0.2, 0.25) is 5.91 Å². The second-order valence-electron chi connectivity index (χ2n) is 9.33. The first-order chi connectivity index (χ1) is 18.5. The first-order valence-electron chi connectivity index (χ1n) is 12.2. The van der Waals surface area contributed by atoms with Crippen LogP contribution in [-0.2, 0) is 14.8 Å². The topological polar surface area (TPSA) is 81.1 Å². The van der Waals surface area contributed by atoms with Crippen molar-refractivity contribution in [1.82, 2.24) is 8.96 Å². The Morgan fingerprint density at radius 3 is 2.42 bits per heavy atom. The number of amides is 1. The van der Waals surface area contributed by atoms with Crippen LogP contribution in [0.5, 0.6) is 0 Å². The van der Waals surface area contributed by atoms with Gasteiger partial charge in [-0.3, -0.25) is 9.78 Å². The normalized spacial score (nSPS) is 15.1. The predicted octanol–water partition coefficient (Wildman–Crippen LogP) is 6.18. The molecule has 184 valence electrons. The highest BCUT2D eigenvalue weighted by Crippen LogP contribution is 2.41. The standard InChI is InChI=1S/C31H21N3O3S/c35-31-30(28-17-14-20-8-4-6-12-26(20)32-28)24-18-21(15-16-27(24)33-31)25-19-34(29-13-7-5-11-23(25)29)38(36,37)22-9-2-1-3-10-22/h1-19,30H,(H,33,35). The number of rotatable bonds is 4. The van der Waals surface area contributed by atoms with E-state index in [1.165, 1.54) is 3.97 Å². The Morgan fingerprint density at radius 2 is 1.55 bits per heavy atom. The number of para-hydroxylation sites is 2. The summed E-state index contributed by atoms with van der Waals surface area (Å²) in [5.74, 6) is -0.690. The SMILES string of the molecule is O=C1Nc2ccc(-c3cn(S(=O)(=O)c4ccccc4)c4ccccc34)cc2C1c1ccc2ccccc2n1. The summed E-state index contributed by atoms with van der Waals surface area (Å²) in [6, 6.07) is 33.3. The Balaban J connectivity index is 1.38. The van der Waals surface area contributed by atoms with Crippen molar-refractivity contribution >= 4 is 43.4 Å². The molecule has 1 amide bonds. The van der Waals surface area contributed by atoms with Crippen LogP contribution in [0.25, 0.3) is 32.9 Å². The van der Waals surface area contributed by atoms with Crippen LogP contribution in [0.4, 0.5) is 5.69 Å². The van der Waals surface area contributed by atoms with Crippen molar-refractivity contribution in [2.24, 2.45) is 0 Å². The molecule has 7 rings (SSSR count). The van der Waals surface area contributed by atoms with Crippen LogP contribution in [0.15, 0.2) is 120 Å². The van der Waals surface area contributed by atoms with E-state index >= 15 is 0 Å². The van der Waals surface area contributed by atoms with Crippen molar-refractivity contribution in [3.05, 3.63) is 127 Å². The summed E-state index contributed by atoms with van der Waals surface area (Å²) in [7, 11) is -3.81. The van der Waals surface area contributed by atoms with Gasteiger partial charge in [0.25, 0.3) is 10.0 Å². The van der Waals surface area contributed by atoms with Gasteiger partial charge in [0.1, 0.15) is 5.92 Å². The van der Waals surface area contributed by atoms with E-state index in [2.05, 4.69) is 5.32 Å². The zero-order valence-corrected chi connectivity index (χ0v) is 20.9. The molecule has 3 heterocycles. The third kappa shape index (κ3) is 3.43. The number of nitrogens with zero attached hydrogens (tertiary/aromatic N) is 2. The minimum atomic E-state index is -3.81. The summed E-state index contributed by atoms with van der Waals surface area (Å²) in [5, 5.41) is 4.80. The zero-order chi connectivity index (χ0) is 25.9. The fourth-order valence-electron chi connectivity index (χ4n) is 5.25. The molecule has 0 bridgehead atoms. The molecule has 1 atom stereocenters. The summed E-state index contributed by atoms with van der Waals surface area (Å²) in [5.41, 5.74) is 5.24. The number of hydrogen-bond donors (Lipinski definition) is 1. The number of fused-ring (bicyclic) bond motifs is 3. The van der Waals surface area contributed by atoms with Crippen molar-refractivity contribution in [1.29, 1.82) is 0 Å². The van der Waals surface area contributed by atoms with E-state index in [0.29, 0.717) is 11.2 Å². The van der Waals surface area contributed by atoms with Crippen LogP contribution in [-0.4, -0.2) is 23.3 Å². The largest absolute Gasteiger partial charge is 0.325 e. The molecule has 1 N–H and O–H groups in total. The average molecular weight is 516 g/mol. The van der Waals surface area contributed by atoms with Gasteiger partial charge in [0.15, 0.2) is 0 Å². The van der Waals surface area contributed by atoms with E-state index in [-0.39, 0.29) is 10.8 Å². The van der Waals surface area contributed by atoms with Crippen LogP contribution < -0.4 is 5.32 Å². The van der Waals surface area contributed by atoms with Crippen LogP contribution in [0.3, 0.4) is 0 Å². The molecular formula is C31H21N3O3S. The number of benzene rings is 4.